The first kappa shape index (κ1) is 18.7. The Kier molecular flexibility index (Phi) is 6.25. The van der Waals surface area contributed by atoms with Crippen LogP contribution in [0.5, 0.6) is 5.88 Å². The zero-order chi connectivity index (χ0) is 19.1. The predicted octanol–water partition coefficient (Wildman–Crippen LogP) is 2.45. The number of carbonyl (C=O) groups excluding carboxylic acids is 2. The number of carbonyl (C=O) groups is 2. The third-order valence-corrected chi connectivity index (χ3v) is 4.51. The molecule has 3 rings (SSSR count). The van der Waals surface area contributed by atoms with Crippen molar-refractivity contribution in [3.63, 3.8) is 0 Å². The van der Waals surface area contributed by atoms with Gasteiger partial charge in [-0.05, 0) is 24.5 Å². The lowest BCUT2D eigenvalue weighted by Gasteiger charge is -2.24. The van der Waals surface area contributed by atoms with Gasteiger partial charge < -0.3 is 20.3 Å². The fourth-order valence-corrected chi connectivity index (χ4v) is 3.11. The third-order valence-electron chi connectivity index (χ3n) is 4.51. The van der Waals surface area contributed by atoms with Crippen LogP contribution in [0.4, 0.5) is 10.5 Å². The molecule has 0 spiro atoms. The lowest BCUT2D eigenvalue weighted by atomic mass is 10.0. The molecule has 2 N–H and O–H groups in total. The lowest BCUT2D eigenvalue weighted by Crippen LogP contribution is -2.50. The van der Waals surface area contributed by atoms with E-state index in [0.29, 0.717) is 18.0 Å². The van der Waals surface area contributed by atoms with Crippen LogP contribution in [0.15, 0.2) is 48.7 Å². The molecule has 0 saturated carbocycles. The molecule has 1 aromatic carbocycles. The van der Waals surface area contributed by atoms with Gasteiger partial charge in [0.2, 0.25) is 11.8 Å². The van der Waals surface area contributed by atoms with Crippen molar-refractivity contribution in [3.8, 4) is 5.88 Å². The van der Waals surface area contributed by atoms with E-state index in [9.17, 15) is 9.59 Å². The van der Waals surface area contributed by atoms with E-state index >= 15 is 0 Å². The molecule has 0 radical (unpaired) electrons. The molecular weight excluding hydrogens is 344 g/mol. The molecule has 7 nitrogen and oxygen atoms in total. The number of likely N-dealkylation sites (tertiary alicyclic amines) is 1. The second kappa shape index (κ2) is 9.02. The summed E-state index contributed by atoms with van der Waals surface area (Å²) in [5, 5.41) is 5.54. The number of rotatable bonds is 6. The maximum atomic E-state index is 12.9. The second-order valence-corrected chi connectivity index (χ2v) is 6.46. The van der Waals surface area contributed by atoms with Crippen molar-refractivity contribution in [1.82, 2.24) is 15.2 Å². The minimum absolute atomic E-state index is 0.0423. The summed E-state index contributed by atoms with van der Waals surface area (Å²) in [5.41, 5.74) is 1.53. The topological polar surface area (TPSA) is 83.6 Å². The summed E-state index contributed by atoms with van der Waals surface area (Å²) in [6.07, 6.45) is 3.97. The van der Waals surface area contributed by atoms with Gasteiger partial charge >= 0.3 is 6.03 Å². The average molecular weight is 368 g/mol. The van der Waals surface area contributed by atoms with E-state index in [1.807, 2.05) is 35.2 Å². The molecule has 1 saturated heterocycles. The van der Waals surface area contributed by atoms with Crippen molar-refractivity contribution in [3.05, 3.63) is 54.2 Å². The minimum Gasteiger partial charge on any atom is -0.481 e. The van der Waals surface area contributed by atoms with Gasteiger partial charge in [-0.3, -0.25) is 4.79 Å². The fraction of sp³-hybridized carbons (Fsp3) is 0.350. The van der Waals surface area contributed by atoms with Crippen LogP contribution >= 0.6 is 0 Å². The first-order valence-electron chi connectivity index (χ1n) is 9.06. The van der Waals surface area contributed by atoms with Crippen molar-refractivity contribution in [2.24, 2.45) is 0 Å². The number of urea groups is 1. The van der Waals surface area contributed by atoms with E-state index in [4.69, 9.17) is 4.74 Å². The van der Waals surface area contributed by atoms with Gasteiger partial charge in [0.15, 0.2) is 0 Å². The van der Waals surface area contributed by atoms with Crippen LogP contribution in [0.25, 0.3) is 0 Å². The molecular formula is C20H24N4O3. The predicted molar refractivity (Wildman–Crippen MR) is 103 cm³/mol. The Morgan fingerprint density at radius 3 is 2.52 bits per heavy atom. The maximum absolute atomic E-state index is 12.9. The van der Waals surface area contributed by atoms with Gasteiger partial charge in [0.25, 0.3) is 0 Å². The summed E-state index contributed by atoms with van der Waals surface area (Å²) in [7, 11) is 1.53. The van der Waals surface area contributed by atoms with E-state index in [-0.39, 0.29) is 5.91 Å². The number of aromatic nitrogens is 1. The van der Waals surface area contributed by atoms with Crippen molar-refractivity contribution >= 4 is 17.6 Å². The van der Waals surface area contributed by atoms with Gasteiger partial charge in [-0.15, -0.1) is 0 Å². The lowest BCUT2D eigenvalue weighted by molar-refractivity contribution is -0.132. The smallest absolute Gasteiger partial charge is 0.319 e. The summed E-state index contributed by atoms with van der Waals surface area (Å²) < 4.78 is 5.00. The van der Waals surface area contributed by atoms with Crippen LogP contribution in [0, 0.1) is 0 Å². The van der Waals surface area contributed by atoms with Gasteiger partial charge in [0, 0.05) is 25.6 Å². The second-order valence-electron chi connectivity index (χ2n) is 6.46. The molecule has 1 aliphatic rings. The normalized spacial score (nSPS) is 14.5. The molecule has 1 atom stereocenters. The highest BCUT2D eigenvalue weighted by Crippen LogP contribution is 2.14. The van der Waals surface area contributed by atoms with E-state index in [0.717, 1.165) is 31.5 Å². The first-order chi connectivity index (χ1) is 13.2. The Hall–Kier alpha value is -3.09. The standard InChI is InChI=1S/C20H24N4O3/c1-27-18-10-9-16(14-21-18)22-20(26)23-17(13-15-7-3-2-4-8-15)19(25)24-11-5-6-12-24/h2-4,7-10,14,17H,5-6,11-13H2,1H3,(H2,22,23,26). The van der Waals surface area contributed by atoms with Crippen LogP contribution in [0.1, 0.15) is 18.4 Å². The molecule has 1 fully saturated rings. The van der Waals surface area contributed by atoms with Crippen LogP contribution in [0.3, 0.4) is 0 Å². The van der Waals surface area contributed by atoms with E-state index in [1.165, 1.54) is 13.3 Å². The Morgan fingerprint density at radius 1 is 1.15 bits per heavy atom. The van der Waals surface area contributed by atoms with Crippen LogP contribution in [0.2, 0.25) is 0 Å². The van der Waals surface area contributed by atoms with Crippen LogP contribution in [-0.4, -0.2) is 48.1 Å². The summed E-state index contributed by atoms with van der Waals surface area (Å²) in [4.78, 5) is 31.2. The summed E-state index contributed by atoms with van der Waals surface area (Å²) in [6.45, 7) is 1.49. The highest BCUT2D eigenvalue weighted by Gasteiger charge is 2.28. The maximum Gasteiger partial charge on any atom is 0.319 e. The quantitative estimate of drug-likeness (QED) is 0.820. The molecule has 27 heavy (non-hydrogen) atoms. The first-order valence-corrected chi connectivity index (χ1v) is 9.06. The molecule has 142 valence electrons. The average Bonchev–Trinajstić information content (AvgIpc) is 3.23. The largest absolute Gasteiger partial charge is 0.481 e. The Balaban J connectivity index is 1.67. The number of anilines is 1. The van der Waals surface area contributed by atoms with Crippen LogP contribution < -0.4 is 15.4 Å². The molecule has 2 aromatic rings. The minimum atomic E-state index is -0.614. The van der Waals surface area contributed by atoms with Gasteiger partial charge in [-0.1, -0.05) is 30.3 Å². The third kappa shape index (κ3) is 5.20. The number of hydrogen-bond acceptors (Lipinski definition) is 4. The number of ether oxygens (including phenoxy) is 1. The zero-order valence-corrected chi connectivity index (χ0v) is 15.4. The van der Waals surface area contributed by atoms with Gasteiger partial charge in [-0.25, -0.2) is 9.78 Å². The highest BCUT2D eigenvalue weighted by atomic mass is 16.5. The van der Waals surface area contributed by atoms with E-state index in [1.54, 1.807) is 12.1 Å². The number of pyridine rings is 1. The number of amides is 3. The molecule has 1 unspecified atom stereocenters. The number of nitrogens with zero attached hydrogens (tertiary/aromatic N) is 2. The molecule has 1 aromatic heterocycles. The highest BCUT2D eigenvalue weighted by molar-refractivity contribution is 5.93. The Morgan fingerprint density at radius 2 is 1.89 bits per heavy atom. The monoisotopic (exact) mass is 368 g/mol. The van der Waals surface area contributed by atoms with Crippen molar-refractivity contribution in [2.45, 2.75) is 25.3 Å². The van der Waals surface area contributed by atoms with Crippen LogP contribution in [-0.2, 0) is 11.2 Å². The molecule has 3 amide bonds. The number of hydrogen-bond donors (Lipinski definition) is 2. The van der Waals surface area contributed by atoms with Crippen molar-refractivity contribution in [1.29, 1.82) is 0 Å². The summed E-state index contributed by atoms with van der Waals surface area (Å²) >= 11 is 0. The number of nitrogens with one attached hydrogen (secondary N) is 2. The summed E-state index contributed by atoms with van der Waals surface area (Å²) in [6, 6.07) is 12.0. The Labute approximate surface area is 158 Å². The van der Waals surface area contributed by atoms with Gasteiger partial charge in [0.05, 0.1) is 19.0 Å². The zero-order valence-electron chi connectivity index (χ0n) is 15.4. The fourth-order valence-electron chi connectivity index (χ4n) is 3.11. The Bertz CT molecular complexity index is 759. The molecule has 0 bridgehead atoms. The molecule has 1 aliphatic heterocycles. The number of benzene rings is 1. The molecule has 0 aliphatic carbocycles. The SMILES string of the molecule is COc1ccc(NC(=O)NC(Cc2ccccc2)C(=O)N2CCCC2)cn1. The van der Waals surface area contributed by atoms with Gasteiger partial charge in [0.1, 0.15) is 6.04 Å². The number of methoxy groups -OCH3 is 1. The van der Waals surface area contributed by atoms with Crippen molar-refractivity contribution in [2.75, 3.05) is 25.5 Å². The molecule has 2 heterocycles. The van der Waals surface area contributed by atoms with E-state index < -0.39 is 12.1 Å². The molecule has 7 heteroatoms. The van der Waals surface area contributed by atoms with Crippen molar-refractivity contribution < 1.29 is 14.3 Å². The van der Waals surface area contributed by atoms with Gasteiger partial charge in [-0.2, -0.15) is 0 Å². The summed E-state index contributed by atoms with van der Waals surface area (Å²) in [5.74, 6) is 0.423. The van der Waals surface area contributed by atoms with E-state index in [2.05, 4.69) is 15.6 Å².